The number of hydrogen-bond donors (Lipinski definition) is 2. The summed E-state index contributed by atoms with van der Waals surface area (Å²) in [6.45, 7) is 4.15. The molecule has 2 N–H and O–H groups in total. The molecule has 25 heavy (non-hydrogen) atoms. The van der Waals surface area contributed by atoms with E-state index in [1.54, 1.807) is 0 Å². The van der Waals surface area contributed by atoms with Crippen molar-refractivity contribution in [2.24, 2.45) is 0 Å². The van der Waals surface area contributed by atoms with Gasteiger partial charge in [-0.1, -0.05) is 0 Å². The summed E-state index contributed by atoms with van der Waals surface area (Å²) in [4.78, 5) is 14.6. The zero-order valence-electron chi connectivity index (χ0n) is 14.9. The van der Waals surface area contributed by atoms with E-state index in [1.807, 2.05) is 24.7 Å². The normalized spacial score (nSPS) is 11.8. The van der Waals surface area contributed by atoms with Gasteiger partial charge in [-0.05, 0) is 63.1 Å². The Labute approximate surface area is 147 Å². The van der Waals surface area contributed by atoms with E-state index >= 15 is 0 Å². The highest BCUT2D eigenvalue weighted by Crippen LogP contribution is 2.34. The molecule has 0 aliphatic carbocycles. The second-order valence-corrected chi connectivity index (χ2v) is 6.81. The van der Waals surface area contributed by atoms with E-state index in [9.17, 15) is 0 Å². The number of nitrogens with zero attached hydrogens (tertiary/aromatic N) is 3. The lowest BCUT2D eigenvalue weighted by atomic mass is 10.0. The zero-order chi connectivity index (χ0) is 17.4. The average Bonchev–Trinajstić information content (AvgIpc) is 2.98. The Hall–Kier alpha value is -2.66. The van der Waals surface area contributed by atoms with Gasteiger partial charge in [0.2, 0.25) is 0 Å². The highest BCUT2D eigenvalue weighted by Gasteiger charge is 2.12. The second kappa shape index (κ2) is 6.33. The smallest absolute Gasteiger partial charge is 0.133 e. The first-order chi connectivity index (χ1) is 12.1. The second-order valence-electron chi connectivity index (χ2n) is 6.81. The van der Waals surface area contributed by atoms with Crippen molar-refractivity contribution < 1.29 is 0 Å². The van der Waals surface area contributed by atoms with E-state index in [1.165, 1.54) is 27.2 Å². The fraction of sp³-hybridized carbons (Fsp3) is 0.300. The maximum Gasteiger partial charge on any atom is 0.133 e. The summed E-state index contributed by atoms with van der Waals surface area (Å²) in [5.41, 5.74) is 3.56. The summed E-state index contributed by atoms with van der Waals surface area (Å²) in [6.07, 6.45) is 6.73. The third-order valence-electron chi connectivity index (χ3n) is 4.77. The van der Waals surface area contributed by atoms with E-state index in [0.717, 1.165) is 36.2 Å². The van der Waals surface area contributed by atoms with E-state index < -0.39 is 0 Å². The molecule has 0 aliphatic rings. The van der Waals surface area contributed by atoms with Crippen LogP contribution in [0.5, 0.6) is 0 Å². The Balaban J connectivity index is 1.82. The predicted molar refractivity (Wildman–Crippen MR) is 105 cm³/mol. The molecular formula is C20H23N5. The van der Waals surface area contributed by atoms with Crippen molar-refractivity contribution in [3.63, 3.8) is 0 Å². The SMILES string of the molecule is Cc1c2ccnc(NCCCN(C)C)c2cc2c1[nH]c1ccncc12. The average molecular weight is 333 g/mol. The van der Waals surface area contributed by atoms with E-state index in [-0.39, 0.29) is 0 Å². The quantitative estimate of drug-likeness (QED) is 0.543. The number of aromatic amines is 1. The fourth-order valence-electron chi connectivity index (χ4n) is 3.47. The van der Waals surface area contributed by atoms with Crippen LogP contribution in [-0.4, -0.2) is 47.0 Å². The molecule has 0 bridgehead atoms. The summed E-state index contributed by atoms with van der Waals surface area (Å²) in [5.74, 6) is 0.958. The molecule has 3 aromatic heterocycles. The fourth-order valence-corrected chi connectivity index (χ4v) is 3.47. The maximum absolute atomic E-state index is 4.59. The molecule has 5 heteroatoms. The highest BCUT2D eigenvalue weighted by molar-refractivity contribution is 6.15. The molecule has 0 spiro atoms. The van der Waals surface area contributed by atoms with Crippen molar-refractivity contribution >= 4 is 38.4 Å². The van der Waals surface area contributed by atoms with Crippen molar-refractivity contribution in [2.75, 3.05) is 32.5 Å². The number of nitrogens with one attached hydrogen (secondary N) is 2. The third-order valence-corrected chi connectivity index (χ3v) is 4.77. The standard InChI is InChI=1S/C20H23N5/c1-13-14-5-9-23-20(22-7-4-10-25(2)3)16(14)11-15-17-12-21-8-6-18(17)24-19(13)15/h5-6,8-9,11-12,24H,4,7,10H2,1-3H3,(H,22,23). The van der Waals surface area contributed by atoms with Crippen molar-refractivity contribution in [3.05, 3.63) is 42.4 Å². The number of benzene rings is 1. The zero-order valence-corrected chi connectivity index (χ0v) is 14.9. The molecule has 1 aromatic carbocycles. The highest BCUT2D eigenvalue weighted by atomic mass is 15.1. The summed E-state index contributed by atoms with van der Waals surface area (Å²) >= 11 is 0. The van der Waals surface area contributed by atoms with Gasteiger partial charge in [0.05, 0.1) is 5.52 Å². The summed E-state index contributed by atoms with van der Waals surface area (Å²) in [7, 11) is 4.20. The van der Waals surface area contributed by atoms with Crippen LogP contribution in [0.3, 0.4) is 0 Å². The monoisotopic (exact) mass is 333 g/mol. The van der Waals surface area contributed by atoms with Crippen LogP contribution in [0.1, 0.15) is 12.0 Å². The van der Waals surface area contributed by atoms with Crippen molar-refractivity contribution in [2.45, 2.75) is 13.3 Å². The Morgan fingerprint density at radius 1 is 1.08 bits per heavy atom. The first-order valence-corrected chi connectivity index (χ1v) is 8.67. The lowest BCUT2D eigenvalue weighted by Crippen LogP contribution is -2.16. The molecule has 0 radical (unpaired) electrons. The van der Waals surface area contributed by atoms with E-state index in [2.05, 4.69) is 58.3 Å². The lowest BCUT2D eigenvalue weighted by Gasteiger charge is -2.13. The molecule has 0 aliphatic heterocycles. The third kappa shape index (κ3) is 2.81. The molecule has 5 nitrogen and oxygen atoms in total. The van der Waals surface area contributed by atoms with Gasteiger partial charge in [0.1, 0.15) is 5.82 Å². The van der Waals surface area contributed by atoms with Crippen molar-refractivity contribution in [1.82, 2.24) is 19.9 Å². The predicted octanol–water partition coefficient (Wildman–Crippen LogP) is 3.94. The molecule has 3 heterocycles. The van der Waals surface area contributed by atoms with E-state index in [0.29, 0.717) is 0 Å². The van der Waals surface area contributed by atoms with Gasteiger partial charge in [0.25, 0.3) is 0 Å². The van der Waals surface area contributed by atoms with Gasteiger partial charge >= 0.3 is 0 Å². The number of aryl methyl sites for hydroxylation is 1. The van der Waals surface area contributed by atoms with Gasteiger partial charge < -0.3 is 15.2 Å². The van der Waals surface area contributed by atoms with Gasteiger partial charge in [-0.15, -0.1) is 0 Å². The van der Waals surface area contributed by atoms with Crippen molar-refractivity contribution in [1.29, 1.82) is 0 Å². The van der Waals surface area contributed by atoms with Crippen LogP contribution in [0.25, 0.3) is 32.6 Å². The van der Waals surface area contributed by atoms with Gasteiger partial charge in [-0.25, -0.2) is 4.98 Å². The number of aromatic nitrogens is 3. The summed E-state index contributed by atoms with van der Waals surface area (Å²) in [6, 6.07) is 6.36. The van der Waals surface area contributed by atoms with Gasteiger partial charge in [-0.2, -0.15) is 0 Å². The van der Waals surface area contributed by atoms with Crippen LogP contribution < -0.4 is 5.32 Å². The maximum atomic E-state index is 4.59. The van der Waals surface area contributed by atoms with Gasteiger partial charge in [0, 0.05) is 46.8 Å². The Morgan fingerprint density at radius 3 is 2.80 bits per heavy atom. The minimum Gasteiger partial charge on any atom is -0.370 e. The van der Waals surface area contributed by atoms with Crippen LogP contribution in [0.4, 0.5) is 5.82 Å². The minimum atomic E-state index is 0.914. The molecule has 4 rings (SSSR count). The van der Waals surface area contributed by atoms with Gasteiger partial charge in [0.15, 0.2) is 0 Å². The van der Waals surface area contributed by atoms with Crippen LogP contribution in [0.15, 0.2) is 36.8 Å². The Morgan fingerprint density at radius 2 is 1.96 bits per heavy atom. The van der Waals surface area contributed by atoms with Gasteiger partial charge in [-0.3, -0.25) is 4.98 Å². The molecule has 128 valence electrons. The van der Waals surface area contributed by atoms with Crippen LogP contribution in [0.2, 0.25) is 0 Å². The number of anilines is 1. The Kier molecular flexibility index (Phi) is 4.01. The molecule has 0 saturated carbocycles. The molecule has 0 atom stereocenters. The minimum absolute atomic E-state index is 0.914. The topological polar surface area (TPSA) is 56.8 Å². The largest absolute Gasteiger partial charge is 0.370 e. The molecule has 0 fully saturated rings. The molecular weight excluding hydrogens is 310 g/mol. The number of pyridine rings is 2. The lowest BCUT2D eigenvalue weighted by molar-refractivity contribution is 0.405. The Bertz CT molecular complexity index is 1050. The summed E-state index contributed by atoms with van der Waals surface area (Å²) in [5, 5.41) is 8.28. The van der Waals surface area contributed by atoms with Crippen molar-refractivity contribution in [3.8, 4) is 0 Å². The molecule has 0 saturated heterocycles. The van der Waals surface area contributed by atoms with Crippen LogP contribution in [0, 0.1) is 6.92 Å². The number of hydrogen-bond acceptors (Lipinski definition) is 4. The number of rotatable bonds is 5. The molecule has 0 unspecified atom stereocenters. The summed E-state index contributed by atoms with van der Waals surface area (Å²) < 4.78 is 0. The molecule has 4 aromatic rings. The van der Waals surface area contributed by atoms with Crippen LogP contribution in [-0.2, 0) is 0 Å². The van der Waals surface area contributed by atoms with Crippen LogP contribution >= 0.6 is 0 Å². The first kappa shape index (κ1) is 15.8. The molecule has 0 amide bonds. The number of fused-ring (bicyclic) bond motifs is 4. The van der Waals surface area contributed by atoms with E-state index in [4.69, 9.17) is 0 Å². The number of H-pyrrole nitrogens is 1. The first-order valence-electron chi connectivity index (χ1n) is 8.67.